The molecule has 0 saturated heterocycles. The van der Waals surface area contributed by atoms with Crippen molar-refractivity contribution in [2.24, 2.45) is 4.99 Å². The summed E-state index contributed by atoms with van der Waals surface area (Å²) in [7, 11) is 0. The molecule has 0 aromatic heterocycles. The van der Waals surface area contributed by atoms with Gasteiger partial charge in [-0.2, -0.15) is 4.99 Å². The number of nitrogens with zero attached hydrogens (tertiary/aromatic N) is 1. The molecule has 0 aliphatic carbocycles. The lowest BCUT2D eigenvalue weighted by Crippen LogP contribution is -1.68. The van der Waals surface area contributed by atoms with Gasteiger partial charge in [-0.15, -0.1) is 0 Å². The molecule has 0 atom stereocenters. The van der Waals surface area contributed by atoms with Gasteiger partial charge in [0.1, 0.15) is 0 Å². The fraction of sp³-hybridized carbons (Fsp3) is 0. The number of aliphatic imine (C=N–C) groups is 1. The van der Waals surface area contributed by atoms with Gasteiger partial charge >= 0.3 is 0 Å². The van der Waals surface area contributed by atoms with E-state index in [2.05, 4.69) is 54.2 Å². The Balaban J connectivity index is 3.14. The van der Waals surface area contributed by atoms with E-state index in [0.717, 1.165) is 14.6 Å². The summed E-state index contributed by atoms with van der Waals surface area (Å²) >= 11 is 11.2. The van der Waals surface area contributed by atoms with Gasteiger partial charge in [0.05, 0.1) is 10.8 Å². The lowest BCUT2D eigenvalue weighted by Gasteiger charge is -1.95. The van der Waals surface area contributed by atoms with Crippen molar-refractivity contribution >= 4 is 54.9 Å². The van der Waals surface area contributed by atoms with E-state index >= 15 is 0 Å². The molecule has 0 fully saturated rings. The fourth-order valence-electron chi connectivity index (χ4n) is 0.607. The Kier molecular flexibility index (Phi) is 3.40. The van der Waals surface area contributed by atoms with Crippen LogP contribution in [0.3, 0.4) is 0 Å². The average Bonchev–Trinajstić information content (AvgIpc) is 1.98. The van der Waals surface area contributed by atoms with Crippen LogP contribution < -0.4 is 0 Å². The molecule has 0 N–H and O–H groups in total. The topological polar surface area (TPSA) is 12.4 Å². The quantitative estimate of drug-likeness (QED) is 0.564. The van der Waals surface area contributed by atoms with E-state index in [4.69, 9.17) is 0 Å². The van der Waals surface area contributed by atoms with Gasteiger partial charge < -0.3 is 0 Å². The Morgan fingerprint density at radius 1 is 1.27 bits per heavy atom. The molecule has 0 aliphatic heterocycles. The van der Waals surface area contributed by atoms with Gasteiger partial charge in [0, 0.05) is 8.95 Å². The fourth-order valence-corrected chi connectivity index (χ4v) is 1.33. The van der Waals surface area contributed by atoms with Crippen molar-refractivity contribution in [3.8, 4) is 0 Å². The van der Waals surface area contributed by atoms with Crippen molar-refractivity contribution in [2.75, 3.05) is 0 Å². The molecule has 0 amide bonds. The zero-order valence-corrected chi connectivity index (χ0v) is 9.33. The van der Waals surface area contributed by atoms with E-state index in [1.54, 1.807) is 0 Å². The van der Waals surface area contributed by atoms with E-state index in [1.807, 2.05) is 18.2 Å². The lowest BCUT2D eigenvalue weighted by atomic mass is 10.3. The average molecular weight is 293 g/mol. The van der Waals surface area contributed by atoms with Gasteiger partial charge in [-0.3, -0.25) is 0 Å². The van der Waals surface area contributed by atoms with Crippen LogP contribution in [0.2, 0.25) is 0 Å². The molecule has 0 spiro atoms. The van der Waals surface area contributed by atoms with E-state index in [-0.39, 0.29) is 0 Å². The largest absolute Gasteiger partial charge is 0.195 e. The van der Waals surface area contributed by atoms with Crippen LogP contribution in [-0.4, -0.2) is 5.16 Å². The molecule has 0 heterocycles. The third kappa shape index (κ3) is 2.49. The van der Waals surface area contributed by atoms with Crippen LogP contribution in [0, 0.1) is 0 Å². The highest BCUT2D eigenvalue weighted by molar-refractivity contribution is 9.13. The highest BCUT2D eigenvalue weighted by Gasteiger charge is 1.95. The van der Waals surface area contributed by atoms with Gasteiger partial charge in [-0.1, -0.05) is 0 Å². The number of isothiocyanates is 1. The van der Waals surface area contributed by atoms with Crippen molar-refractivity contribution < 1.29 is 0 Å². The monoisotopic (exact) mass is 291 g/mol. The maximum atomic E-state index is 4.47. The molecular formula is C7H3Br2NS. The van der Waals surface area contributed by atoms with Gasteiger partial charge in [0.15, 0.2) is 0 Å². The van der Waals surface area contributed by atoms with Crippen molar-refractivity contribution in [3.05, 3.63) is 27.1 Å². The number of benzene rings is 1. The van der Waals surface area contributed by atoms with E-state index < -0.39 is 0 Å². The summed E-state index contributed by atoms with van der Waals surface area (Å²) in [4.78, 5) is 3.82. The second-order valence-electron chi connectivity index (χ2n) is 1.80. The summed E-state index contributed by atoms with van der Waals surface area (Å²) in [5.74, 6) is 0. The molecule has 56 valence electrons. The van der Waals surface area contributed by atoms with Crippen molar-refractivity contribution in [2.45, 2.75) is 0 Å². The van der Waals surface area contributed by atoms with Gasteiger partial charge in [-0.05, 0) is 62.3 Å². The Hall–Kier alpha value is -0.0200. The summed E-state index contributed by atoms with van der Waals surface area (Å²) in [6.07, 6.45) is 0. The number of rotatable bonds is 1. The SMILES string of the molecule is S=C=Nc1ccc(Br)c(Br)c1. The first kappa shape index (κ1) is 9.07. The van der Waals surface area contributed by atoms with Crippen molar-refractivity contribution in [1.82, 2.24) is 0 Å². The molecule has 11 heavy (non-hydrogen) atoms. The highest BCUT2D eigenvalue weighted by atomic mass is 79.9. The van der Waals surface area contributed by atoms with Crippen LogP contribution in [0.25, 0.3) is 0 Å². The maximum absolute atomic E-state index is 4.47. The summed E-state index contributed by atoms with van der Waals surface area (Å²) < 4.78 is 1.96. The molecule has 1 rings (SSSR count). The standard InChI is InChI=1S/C7H3Br2NS/c8-6-2-1-5(10-4-11)3-7(6)9/h1-3H. The minimum absolute atomic E-state index is 0.801. The van der Waals surface area contributed by atoms with E-state index in [1.165, 1.54) is 0 Å². The number of hydrogen-bond acceptors (Lipinski definition) is 2. The van der Waals surface area contributed by atoms with Crippen LogP contribution in [0.15, 0.2) is 32.1 Å². The molecule has 0 unspecified atom stereocenters. The molecule has 0 radical (unpaired) electrons. The molecule has 1 aromatic carbocycles. The zero-order valence-electron chi connectivity index (χ0n) is 5.34. The van der Waals surface area contributed by atoms with E-state index in [0.29, 0.717) is 0 Å². The van der Waals surface area contributed by atoms with Crippen molar-refractivity contribution in [1.29, 1.82) is 0 Å². The molecule has 0 saturated carbocycles. The molecule has 1 aromatic rings. The third-order valence-corrected chi connectivity index (χ3v) is 3.05. The lowest BCUT2D eigenvalue weighted by molar-refractivity contribution is 1.50. The Morgan fingerprint density at radius 2 is 2.00 bits per heavy atom. The predicted octanol–water partition coefficient (Wildman–Crippen LogP) is 3.95. The molecular weight excluding hydrogens is 290 g/mol. The Morgan fingerprint density at radius 3 is 2.55 bits per heavy atom. The number of hydrogen-bond donors (Lipinski definition) is 0. The number of halogens is 2. The van der Waals surface area contributed by atoms with Crippen LogP contribution in [-0.2, 0) is 0 Å². The van der Waals surface area contributed by atoms with Crippen LogP contribution in [0.5, 0.6) is 0 Å². The van der Waals surface area contributed by atoms with Crippen LogP contribution >= 0.6 is 44.1 Å². The molecule has 1 nitrogen and oxygen atoms in total. The minimum atomic E-state index is 0.801. The van der Waals surface area contributed by atoms with Crippen molar-refractivity contribution in [3.63, 3.8) is 0 Å². The second-order valence-corrected chi connectivity index (χ2v) is 3.69. The normalized spacial score (nSPS) is 8.91. The summed E-state index contributed by atoms with van der Waals surface area (Å²) in [5, 5.41) is 2.30. The van der Waals surface area contributed by atoms with Gasteiger partial charge in [-0.25, -0.2) is 0 Å². The minimum Gasteiger partial charge on any atom is -0.195 e. The predicted molar refractivity (Wildman–Crippen MR) is 56.5 cm³/mol. The smallest absolute Gasteiger partial charge is 0.0751 e. The molecule has 0 aliphatic rings. The zero-order chi connectivity index (χ0) is 8.27. The summed E-state index contributed by atoms with van der Waals surface area (Å²) in [6.45, 7) is 0. The van der Waals surface area contributed by atoms with Gasteiger partial charge in [0.2, 0.25) is 0 Å². The molecule has 0 bridgehead atoms. The first-order chi connectivity index (χ1) is 5.24. The second kappa shape index (κ2) is 4.12. The Labute approximate surface area is 86.8 Å². The number of thiocarbonyl (C=S) groups is 1. The Bertz CT molecular complexity index is 318. The van der Waals surface area contributed by atoms with Crippen LogP contribution in [0.4, 0.5) is 5.69 Å². The third-order valence-electron chi connectivity index (χ3n) is 1.08. The maximum Gasteiger partial charge on any atom is 0.0751 e. The summed E-state index contributed by atoms with van der Waals surface area (Å²) in [5.41, 5.74) is 0.801. The van der Waals surface area contributed by atoms with Crippen LogP contribution in [0.1, 0.15) is 0 Å². The van der Waals surface area contributed by atoms with E-state index in [9.17, 15) is 0 Å². The first-order valence-electron chi connectivity index (χ1n) is 2.77. The summed E-state index contributed by atoms with van der Waals surface area (Å²) in [6, 6.07) is 5.62. The highest BCUT2D eigenvalue weighted by Crippen LogP contribution is 2.26. The van der Waals surface area contributed by atoms with Gasteiger partial charge in [0.25, 0.3) is 0 Å². The first-order valence-corrected chi connectivity index (χ1v) is 4.76. The molecule has 4 heteroatoms.